The maximum absolute atomic E-state index is 10.8. The number of hydrogen-bond acceptors (Lipinski definition) is 5. The van der Waals surface area contributed by atoms with Gasteiger partial charge in [0.1, 0.15) is 12.0 Å². The fourth-order valence-corrected chi connectivity index (χ4v) is 2.80. The predicted octanol–water partition coefficient (Wildman–Crippen LogP) is 2.32. The maximum atomic E-state index is 10.8. The molecule has 0 spiro atoms. The molecule has 21 heavy (non-hydrogen) atoms. The molecule has 1 saturated heterocycles. The highest BCUT2D eigenvalue weighted by Crippen LogP contribution is 2.28. The van der Waals surface area contributed by atoms with Crippen molar-refractivity contribution < 1.29 is 14.8 Å². The molecule has 1 N–H and O–H groups in total. The molecule has 1 aliphatic heterocycles. The van der Waals surface area contributed by atoms with Crippen molar-refractivity contribution in [2.75, 3.05) is 18.0 Å². The molecule has 7 nitrogen and oxygen atoms in total. The monoisotopic (exact) mass is 293 g/mol. The Kier molecular flexibility index (Phi) is 4.72. The van der Waals surface area contributed by atoms with Crippen molar-refractivity contribution in [3.05, 3.63) is 28.4 Å². The summed E-state index contributed by atoms with van der Waals surface area (Å²) in [6.07, 6.45) is 3.43. The molecular weight excluding hydrogens is 274 g/mol. The first-order valence-electron chi connectivity index (χ1n) is 7.04. The number of rotatable bonds is 5. The van der Waals surface area contributed by atoms with Gasteiger partial charge >= 0.3 is 5.97 Å². The number of piperidine rings is 1. The normalized spacial score (nSPS) is 20.0. The zero-order chi connectivity index (χ0) is 15.4. The second kappa shape index (κ2) is 6.51. The molecule has 0 aromatic carbocycles. The minimum atomic E-state index is -0.770. The second-order valence-corrected chi connectivity index (χ2v) is 5.56. The average Bonchev–Trinajstić information content (AvgIpc) is 2.47. The number of aromatic nitrogens is 1. The van der Waals surface area contributed by atoms with Crippen LogP contribution in [-0.2, 0) is 4.79 Å². The first-order chi connectivity index (χ1) is 9.97. The lowest BCUT2D eigenvalue weighted by atomic mass is 9.84. The summed E-state index contributed by atoms with van der Waals surface area (Å²) >= 11 is 0. The highest BCUT2D eigenvalue weighted by molar-refractivity contribution is 5.67. The number of pyridine rings is 1. The van der Waals surface area contributed by atoms with Crippen molar-refractivity contribution >= 4 is 17.5 Å². The summed E-state index contributed by atoms with van der Waals surface area (Å²) in [5.41, 5.74) is -0.0217. The summed E-state index contributed by atoms with van der Waals surface area (Å²) < 4.78 is 0. The largest absolute Gasteiger partial charge is 0.481 e. The van der Waals surface area contributed by atoms with E-state index < -0.39 is 10.9 Å². The summed E-state index contributed by atoms with van der Waals surface area (Å²) in [6, 6.07) is 3.11. The second-order valence-electron chi connectivity index (χ2n) is 5.56. The van der Waals surface area contributed by atoms with E-state index in [0.29, 0.717) is 11.7 Å². The minimum Gasteiger partial charge on any atom is -0.481 e. The number of aliphatic carboxylic acids is 1. The third kappa shape index (κ3) is 3.90. The van der Waals surface area contributed by atoms with E-state index in [0.717, 1.165) is 25.9 Å². The van der Waals surface area contributed by atoms with E-state index in [1.54, 1.807) is 6.07 Å². The Labute approximate surface area is 122 Å². The Morgan fingerprint density at radius 1 is 1.62 bits per heavy atom. The van der Waals surface area contributed by atoms with Gasteiger partial charge in [0.15, 0.2) is 0 Å². The van der Waals surface area contributed by atoms with Crippen molar-refractivity contribution in [2.24, 2.45) is 11.8 Å². The van der Waals surface area contributed by atoms with Gasteiger partial charge in [-0.25, -0.2) is 4.98 Å². The van der Waals surface area contributed by atoms with Crippen LogP contribution in [0.1, 0.15) is 26.2 Å². The molecule has 2 rings (SSSR count). The third-order valence-electron chi connectivity index (χ3n) is 4.03. The van der Waals surface area contributed by atoms with Gasteiger partial charge in [-0.1, -0.05) is 6.92 Å². The topological polar surface area (TPSA) is 96.6 Å². The molecule has 0 radical (unpaired) electrons. The number of hydrogen-bond donors (Lipinski definition) is 1. The number of nitro groups is 1. The van der Waals surface area contributed by atoms with Crippen LogP contribution in [0.2, 0.25) is 0 Å². The number of carboxylic acids is 1. The molecule has 2 heterocycles. The first-order valence-corrected chi connectivity index (χ1v) is 7.04. The Morgan fingerprint density at radius 3 is 2.95 bits per heavy atom. The molecule has 1 fully saturated rings. The van der Waals surface area contributed by atoms with E-state index in [2.05, 4.69) is 9.88 Å². The van der Waals surface area contributed by atoms with Gasteiger partial charge in [0.05, 0.1) is 4.92 Å². The van der Waals surface area contributed by atoms with Crippen LogP contribution in [-0.4, -0.2) is 34.1 Å². The smallest absolute Gasteiger partial charge is 0.303 e. The molecule has 1 aliphatic rings. The zero-order valence-electron chi connectivity index (χ0n) is 11.9. The molecule has 0 saturated carbocycles. The van der Waals surface area contributed by atoms with Crippen LogP contribution in [0, 0.1) is 22.0 Å². The Hall–Kier alpha value is -2.18. The van der Waals surface area contributed by atoms with E-state index in [9.17, 15) is 14.9 Å². The molecule has 1 aromatic rings. The highest BCUT2D eigenvalue weighted by atomic mass is 16.6. The maximum Gasteiger partial charge on any atom is 0.303 e. The zero-order valence-corrected chi connectivity index (χ0v) is 11.9. The van der Waals surface area contributed by atoms with E-state index in [-0.39, 0.29) is 18.0 Å². The van der Waals surface area contributed by atoms with Crippen LogP contribution in [0.25, 0.3) is 0 Å². The summed E-state index contributed by atoms with van der Waals surface area (Å²) in [7, 11) is 0. The van der Waals surface area contributed by atoms with E-state index in [1.165, 1.54) is 12.3 Å². The summed E-state index contributed by atoms with van der Waals surface area (Å²) in [4.78, 5) is 27.2. The fourth-order valence-electron chi connectivity index (χ4n) is 2.80. The molecule has 114 valence electrons. The van der Waals surface area contributed by atoms with E-state index >= 15 is 0 Å². The van der Waals surface area contributed by atoms with Gasteiger partial charge in [0, 0.05) is 25.6 Å². The van der Waals surface area contributed by atoms with Crippen LogP contribution in [0.15, 0.2) is 18.3 Å². The van der Waals surface area contributed by atoms with Gasteiger partial charge in [-0.2, -0.15) is 0 Å². The van der Waals surface area contributed by atoms with Gasteiger partial charge in [0.25, 0.3) is 5.69 Å². The first kappa shape index (κ1) is 15.2. The summed E-state index contributed by atoms with van der Waals surface area (Å²) in [6.45, 7) is 3.56. The van der Waals surface area contributed by atoms with E-state index in [4.69, 9.17) is 5.11 Å². The number of carbonyl (C=O) groups is 1. The van der Waals surface area contributed by atoms with Crippen LogP contribution >= 0.6 is 0 Å². The molecule has 1 aromatic heterocycles. The summed E-state index contributed by atoms with van der Waals surface area (Å²) in [5.74, 6) is 0.371. The van der Waals surface area contributed by atoms with Crippen LogP contribution < -0.4 is 4.90 Å². The lowest BCUT2D eigenvalue weighted by Crippen LogP contribution is -2.38. The standard InChI is InChI=1S/C14H19N3O4/c1-10(7-14(18)19)11-3-2-6-16(9-11)13-5-4-12(8-15-13)17(20)21/h4-5,8,10-11H,2-3,6-7,9H2,1H3,(H,18,19). The van der Waals surface area contributed by atoms with Crippen LogP contribution in [0.3, 0.4) is 0 Å². The van der Waals surface area contributed by atoms with Gasteiger partial charge in [0.2, 0.25) is 0 Å². The predicted molar refractivity (Wildman–Crippen MR) is 77.2 cm³/mol. The average molecular weight is 293 g/mol. The van der Waals surface area contributed by atoms with Gasteiger partial charge in [-0.05, 0) is 30.7 Å². The van der Waals surface area contributed by atoms with Gasteiger partial charge in [-0.15, -0.1) is 0 Å². The highest BCUT2D eigenvalue weighted by Gasteiger charge is 2.26. The number of anilines is 1. The summed E-state index contributed by atoms with van der Waals surface area (Å²) in [5, 5.41) is 19.5. The molecule has 0 aliphatic carbocycles. The van der Waals surface area contributed by atoms with Crippen molar-refractivity contribution in [1.29, 1.82) is 0 Å². The van der Waals surface area contributed by atoms with Crippen molar-refractivity contribution in [3.63, 3.8) is 0 Å². The lowest BCUT2D eigenvalue weighted by molar-refractivity contribution is -0.385. The van der Waals surface area contributed by atoms with Crippen molar-refractivity contribution in [2.45, 2.75) is 26.2 Å². The molecule has 2 atom stereocenters. The lowest BCUT2D eigenvalue weighted by Gasteiger charge is -2.36. The number of nitrogens with zero attached hydrogens (tertiary/aromatic N) is 3. The van der Waals surface area contributed by atoms with Gasteiger partial charge < -0.3 is 10.0 Å². The molecular formula is C14H19N3O4. The van der Waals surface area contributed by atoms with Crippen molar-refractivity contribution in [1.82, 2.24) is 4.98 Å². The van der Waals surface area contributed by atoms with Crippen LogP contribution in [0.4, 0.5) is 11.5 Å². The minimum absolute atomic E-state index is 0.0217. The molecule has 0 bridgehead atoms. The quantitative estimate of drug-likeness (QED) is 0.661. The van der Waals surface area contributed by atoms with Crippen LogP contribution in [0.5, 0.6) is 0 Å². The van der Waals surface area contributed by atoms with Crippen molar-refractivity contribution in [3.8, 4) is 0 Å². The Morgan fingerprint density at radius 2 is 2.38 bits per heavy atom. The Bertz CT molecular complexity index is 517. The van der Waals surface area contributed by atoms with E-state index in [1.807, 2.05) is 6.92 Å². The Balaban J connectivity index is 2.03. The molecule has 7 heteroatoms. The third-order valence-corrected chi connectivity index (χ3v) is 4.03. The fraction of sp³-hybridized carbons (Fsp3) is 0.571. The van der Waals surface area contributed by atoms with Gasteiger partial charge in [-0.3, -0.25) is 14.9 Å². The number of carboxylic acid groups (broad SMARTS) is 1. The molecule has 2 unspecified atom stereocenters. The molecule has 0 amide bonds. The SMILES string of the molecule is CC(CC(=O)O)C1CCCN(c2ccc([N+](=O)[O-])cn2)C1.